The minimum Gasteiger partial charge on any atom is -0.502 e. The van der Waals surface area contributed by atoms with E-state index in [9.17, 15) is 20.0 Å². The zero-order valence-corrected chi connectivity index (χ0v) is 14.6. The first-order valence-electron chi connectivity index (χ1n) is 8.77. The standard InChI is InChI=1S/C18H24N2O5/c1-3-25-15-11-14(18(15)9-4-5-10-18)19(2)17(22)12-7-6-8-13(16(12)21)20(23)24/h6-8,14-15,21H,3-5,9-11H2,1-2H3/t14-,15+/m0/s1. The number of carbonyl (C=O) groups is 1. The summed E-state index contributed by atoms with van der Waals surface area (Å²) in [6, 6.07) is 4.09. The second-order valence-electron chi connectivity index (χ2n) is 6.98. The van der Waals surface area contributed by atoms with E-state index >= 15 is 0 Å². The lowest BCUT2D eigenvalue weighted by Crippen LogP contribution is -2.64. The van der Waals surface area contributed by atoms with E-state index in [4.69, 9.17) is 4.74 Å². The van der Waals surface area contributed by atoms with Crippen molar-refractivity contribution in [3.05, 3.63) is 33.9 Å². The number of ether oxygens (including phenoxy) is 1. The Morgan fingerprint density at radius 1 is 1.44 bits per heavy atom. The molecule has 1 N–H and O–H groups in total. The number of carbonyl (C=O) groups excluding carboxylic acids is 1. The summed E-state index contributed by atoms with van der Waals surface area (Å²) in [5.41, 5.74) is -0.489. The summed E-state index contributed by atoms with van der Waals surface area (Å²) in [4.78, 5) is 24.8. The fraction of sp³-hybridized carbons (Fsp3) is 0.611. The van der Waals surface area contributed by atoms with E-state index < -0.39 is 16.4 Å². The van der Waals surface area contributed by atoms with Crippen LogP contribution in [-0.4, -0.2) is 46.6 Å². The molecule has 3 rings (SSSR count). The van der Waals surface area contributed by atoms with Gasteiger partial charge in [-0.1, -0.05) is 18.9 Å². The number of nitrogens with zero attached hydrogens (tertiary/aromatic N) is 2. The topological polar surface area (TPSA) is 92.9 Å². The van der Waals surface area contributed by atoms with Crippen LogP contribution in [0.2, 0.25) is 0 Å². The van der Waals surface area contributed by atoms with Crippen LogP contribution in [0.25, 0.3) is 0 Å². The summed E-state index contributed by atoms with van der Waals surface area (Å²) in [5, 5.41) is 21.1. The van der Waals surface area contributed by atoms with Crippen molar-refractivity contribution in [3.63, 3.8) is 0 Å². The fourth-order valence-electron chi connectivity index (χ4n) is 4.58. The third-order valence-corrected chi connectivity index (χ3v) is 5.87. The Hall–Kier alpha value is -2.15. The van der Waals surface area contributed by atoms with Gasteiger partial charge in [-0.3, -0.25) is 14.9 Å². The third-order valence-electron chi connectivity index (χ3n) is 5.87. The second-order valence-corrected chi connectivity index (χ2v) is 6.98. The van der Waals surface area contributed by atoms with E-state index in [1.807, 2.05) is 6.92 Å². The average molecular weight is 348 g/mol. The number of hydrogen-bond acceptors (Lipinski definition) is 5. The van der Waals surface area contributed by atoms with E-state index in [1.165, 1.54) is 18.2 Å². The van der Waals surface area contributed by atoms with Gasteiger partial charge in [-0.15, -0.1) is 0 Å². The van der Waals surface area contributed by atoms with Crippen LogP contribution in [0, 0.1) is 15.5 Å². The molecule has 2 aliphatic rings. The molecule has 1 spiro atoms. The molecule has 0 radical (unpaired) electrons. The second kappa shape index (κ2) is 6.63. The number of nitro benzene ring substituents is 1. The number of para-hydroxylation sites is 1. The predicted molar refractivity (Wildman–Crippen MR) is 91.6 cm³/mol. The minimum absolute atomic E-state index is 0.0171. The lowest BCUT2D eigenvalue weighted by atomic mass is 9.60. The van der Waals surface area contributed by atoms with Crippen LogP contribution >= 0.6 is 0 Å². The normalized spacial score (nSPS) is 24.1. The summed E-state index contributed by atoms with van der Waals surface area (Å²) >= 11 is 0. The molecule has 0 aliphatic heterocycles. The van der Waals surface area contributed by atoms with E-state index in [0.29, 0.717) is 6.61 Å². The Morgan fingerprint density at radius 3 is 2.72 bits per heavy atom. The molecule has 1 aromatic carbocycles. The number of phenols is 1. The highest BCUT2D eigenvalue weighted by molar-refractivity contribution is 5.98. The van der Waals surface area contributed by atoms with Crippen molar-refractivity contribution in [2.75, 3.05) is 13.7 Å². The Balaban J connectivity index is 1.84. The van der Waals surface area contributed by atoms with Crippen LogP contribution in [0.15, 0.2) is 18.2 Å². The largest absolute Gasteiger partial charge is 0.502 e. The fourth-order valence-corrected chi connectivity index (χ4v) is 4.58. The number of rotatable bonds is 5. The third kappa shape index (κ3) is 2.76. The highest BCUT2D eigenvalue weighted by Gasteiger charge is 2.59. The highest BCUT2D eigenvalue weighted by Crippen LogP contribution is 2.56. The molecular weight excluding hydrogens is 324 g/mol. The number of benzene rings is 1. The zero-order chi connectivity index (χ0) is 18.2. The predicted octanol–water partition coefficient (Wildman–Crippen LogP) is 3.11. The quantitative estimate of drug-likeness (QED) is 0.652. The summed E-state index contributed by atoms with van der Waals surface area (Å²) in [5.74, 6) is -0.946. The first-order chi connectivity index (χ1) is 11.9. The molecule has 0 aromatic heterocycles. The molecule has 25 heavy (non-hydrogen) atoms. The molecule has 2 atom stereocenters. The van der Waals surface area contributed by atoms with E-state index in [0.717, 1.165) is 32.1 Å². The number of phenolic OH excluding ortho intramolecular Hbond substituents is 1. The number of nitro groups is 1. The van der Waals surface area contributed by atoms with Gasteiger partial charge in [-0.25, -0.2) is 0 Å². The van der Waals surface area contributed by atoms with Gasteiger partial charge >= 0.3 is 5.69 Å². The summed E-state index contributed by atoms with van der Waals surface area (Å²) in [7, 11) is 1.72. The average Bonchev–Trinajstić information content (AvgIpc) is 3.10. The highest BCUT2D eigenvalue weighted by atomic mass is 16.6. The molecule has 136 valence electrons. The number of hydrogen-bond donors (Lipinski definition) is 1. The Morgan fingerprint density at radius 2 is 2.12 bits per heavy atom. The minimum atomic E-state index is -0.682. The molecule has 2 saturated carbocycles. The zero-order valence-electron chi connectivity index (χ0n) is 14.6. The molecule has 0 bridgehead atoms. The van der Waals surface area contributed by atoms with Crippen LogP contribution in [-0.2, 0) is 4.74 Å². The van der Waals surface area contributed by atoms with Gasteiger partial charge in [0.1, 0.15) is 0 Å². The van der Waals surface area contributed by atoms with Gasteiger partial charge in [0.05, 0.1) is 16.6 Å². The van der Waals surface area contributed by atoms with Gasteiger partial charge in [0.25, 0.3) is 5.91 Å². The lowest BCUT2D eigenvalue weighted by molar-refractivity contribution is -0.385. The van der Waals surface area contributed by atoms with Crippen LogP contribution in [0.5, 0.6) is 5.75 Å². The summed E-state index contributed by atoms with van der Waals surface area (Å²) in [6.07, 6.45) is 5.25. The first-order valence-corrected chi connectivity index (χ1v) is 8.77. The van der Waals surface area contributed by atoms with Gasteiger partial charge in [0.15, 0.2) is 0 Å². The molecule has 0 unspecified atom stereocenters. The van der Waals surface area contributed by atoms with Crippen molar-refractivity contribution < 1.29 is 19.6 Å². The Labute approximate surface area is 146 Å². The van der Waals surface area contributed by atoms with E-state index in [1.54, 1.807) is 11.9 Å². The maximum absolute atomic E-state index is 12.9. The smallest absolute Gasteiger partial charge is 0.311 e. The maximum Gasteiger partial charge on any atom is 0.311 e. The summed E-state index contributed by atoms with van der Waals surface area (Å²) in [6.45, 7) is 2.63. The van der Waals surface area contributed by atoms with Gasteiger partial charge in [-0.05, 0) is 32.3 Å². The molecule has 1 amide bonds. The van der Waals surface area contributed by atoms with Crippen molar-refractivity contribution in [3.8, 4) is 5.75 Å². The van der Waals surface area contributed by atoms with Crippen molar-refractivity contribution in [1.82, 2.24) is 4.90 Å². The molecule has 0 heterocycles. The van der Waals surface area contributed by atoms with E-state index in [-0.39, 0.29) is 29.0 Å². The monoisotopic (exact) mass is 348 g/mol. The van der Waals surface area contributed by atoms with Crippen molar-refractivity contribution >= 4 is 11.6 Å². The van der Waals surface area contributed by atoms with Gasteiger partial charge in [0.2, 0.25) is 5.75 Å². The van der Waals surface area contributed by atoms with Gasteiger partial charge < -0.3 is 14.7 Å². The van der Waals surface area contributed by atoms with Crippen molar-refractivity contribution in [1.29, 1.82) is 0 Å². The molecule has 1 aromatic rings. The lowest BCUT2D eigenvalue weighted by Gasteiger charge is -2.57. The van der Waals surface area contributed by atoms with Gasteiger partial charge in [-0.2, -0.15) is 0 Å². The Kier molecular flexibility index (Phi) is 4.69. The van der Waals surface area contributed by atoms with Crippen LogP contribution in [0.3, 0.4) is 0 Å². The molecular formula is C18H24N2O5. The van der Waals surface area contributed by atoms with Crippen LogP contribution in [0.4, 0.5) is 5.69 Å². The molecule has 7 nitrogen and oxygen atoms in total. The molecule has 7 heteroatoms. The molecule has 2 aliphatic carbocycles. The van der Waals surface area contributed by atoms with Crippen molar-refractivity contribution in [2.24, 2.45) is 5.41 Å². The van der Waals surface area contributed by atoms with E-state index in [2.05, 4.69) is 0 Å². The Bertz CT molecular complexity index is 684. The molecule has 0 saturated heterocycles. The van der Waals surface area contributed by atoms with Crippen molar-refractivity contribution in [2.45, 2.75) is 51.2 Å². The number of aromatic hydroxyl groups is 1. The van der Waals surface area contributed by atoms with Crippen LogP contribution in [0.1, 0.15) is 49.4 Å². The first kappa shape index (κ1) is 17.7. The van der Waals surface area contributed by atoms with Gasteiger partial charge in [0, 0.05) is 31.2 Å². The van der Waals surface area contributed by atoms with Crippen LogP contribution < -0.4 is 0 Å². The maximum atomic E-state index is 12.9. The number of amides is 1. The molecule has 2 fully saturated rings. The SMILES string of the molecule is CCO[C@@H]1C[C@H](N(C)C(=O)c2cccc([N+](=O)[O-])c2O)C12CCCC2. The summed E-state index contributed by atoms with van der Waals surface area (Å²) < 4.78 is 5.88.